The van der Waals surface area contributed by atoms with Gasteiger partial charge in [0.1, 0.15) is 28.3 Å². The van der Waals surface area contributed by atoms with Crippen LogP contribution in [0.25, 0.3) is 54.9 Å². The van der Waals surface area contributed by atoms with Crippen LogP contribution in [-0.4, -0.2) is 28.7 Å². The normalized spacial score (nSPS) is 12.5. The van der Waals surface area contributed by atoms with Crippen LogP contribution in [0, 0.1) is 0 Å². The Kier molecular flexibility index (Phi) is 4.36. The summed E-state index contributed by atoms with van der Waals surface area (Å²) in [5, 5.41) is 5.36. The summed E-state index contributed by atoms with van der Waals surface area (Å²) >= 11 is 0. The van der Waals surface area contributed by atoms with Gasteiger partial charge in [-0.1, -0.05) is 39.0 Å². The standard InChI is InChI=1S/C32H24N6O/c1-32(2,3)26-6-4-5-23-21-9-7-19(17-24(21)29-35-13-15-37(29)28(23)26)39-20-8-10-22-25(18-20)30-36-14-16-38(30)31-27(22)33-11-12-34-31/h4-18H,1-3H3. The Morgan fingerprint density at radius 2 is 1.23 bits per heavy atom. The van der Waals surface area contributed by atoms with Gasteiger partial charge in [0.15, 0.2) is 5.65 Å². The van der Waals surface area contributed by atoms with E-state index >= 15 is 0 Å². The molecule has 0 fully saturated rings. The molecule has 0 saturated carbocycles. The molecule has 0 atom stereocenters. The van der Waals surface area contributed by atoms with Crippen LogP contribution in [0.4, 0.5) is 0 Å². The van der Waals surface area contributed by atoms with E-state index < -0.39 is 0 Å². The van der Waals surface area contributed by atoms with Crippen LogP contribution in [0.3, 0.4) is 0 Å². The quantitative estimate of drug-likeness (QED) is 0.227. The molecule has 0 saturated heterocycles. The molecule has 3 aromatic carbocycles. The van der Waals surface area contributed by atoms with Gasteiger partial charge < -0.3 is 4.74 Å². The molecule has 0 bridgehead atoms. The molecule has 0 aliphatic heterocycles. The second-order valence-corrected chi connectivity index (χ2v) is 10.9. The van der Waals surface area contributed by atoms with Crippen molar-refractivity contribution in [2.24, 2.45) is 0 Å². The van der Waals surface area contributed by atoms with E-state index in [2.05, 4.69) is 70.5 Å². The molecule has 0 radical (unpaired) electrons. The van der Waals surface area contributed by atoms with Gasteiger partial charge in [0.25, 0.3) is 0 Å². The van der Waals surface area contributed by atoms with Gasteiger partial charge in [0, 0.05) is 58.7 Å². The predicted octanol–water partition coefficient (Wildman–Crippen LogP) is 7.47. The molecule has 8 aromatic rings. The summed E-state index contributed by atoms with van der Waals surface area (Å²) in [6.45, 7) is 6.76. The first-order valence-corrected chi connectivity index (χ1v) is 13.0. The molecule has 0 unspecified atom stereocenters. The number of rotatable bonds is 2. The Hall–Kier alpha value is -5.04. The average molecular weight is 509 g/mol. The summed E-state index contributed by atoms with van der Waals surface area (Å²) in [4.78, 5) is 18.5. The molecular weight excluding hydrogens is 484 g/mol. The molecule has 0 spiro atoms. The highest BCUT2D eigenvalue weighted by atomic mass is 16.5. The Morgan fingerprint density at radius 3 is 2.00 bits per heavy atom. The predicted molar refractivity (Wildman–Crippen MR) is 155 cm³/mol. The van der Waals surface area contributed by atoms with Gasteiger partial charge in [0.05, 0.1) is 5.52 Å². The number of hydrogen-bond donors (Lipinski definition) is 0. The highest BCUT2D eigenvalue weighted by molar-refractivity contribution is 6.13. The van der Waals surface area contributed by atoms with Crippen molar-refractivity contribution >= 4 is 54.9 Å². The first-order valence-electron chi connectivity index (χ1n) is 13.0. The molecule has 8 rings (SSSR count). The maximum atomic E-state index is 6.44. The highest BCUT2D eigenvalue weighted by Gasteiger charge is 2.21. The lowest BCUT2D eigenvalue weighted by Gasteiger charge is -2.23. The van der Waals surface area contributed by atoms with Gasteiger partial charge in [-0.2, -0.15) is 0 Å². The van der Waals surface area contributed by atoms with Crippen molar-refractivity contribution in [3.63, 3.8) is 0 Å². The third-order valence-electron chi connectivity index (χ3n) is 7.52. The van der Waals surface area contributed by atoms with Gasteiger partial charge in [-0.15, -0.1) is 0 Å². The van der Waals surface area contributed by atoms with Crippen molar-refractivity contribution in [3.8, 4) is 11.5 Å². The van der Waals surface area contributed by atoms with Crippen LogP contribution in [0.15, 0.2) is 91.8 Å². The number of para-hydroxylation sites is 1. The zero-order valence-corrected chi connectivity index (χ0v) is 21.8. The van der Waals surface area contributed by atoms with E-state index in [4.69, 9.17) is 9.72 Å². The zero-order chi connectivity index (χ0) is 26.3. The lowest BCUT2D eigenvalue weighted by molar-refractivity contribution is 0.484. The van der Waals surface area contributed by atoms with Gasteiger partial charge >= 0.3 is 0 Å². The van der Waals surface area contributed by atoms with E-state index in [1.165, 1.54) is 16.5 Å². The molecule has 5 heterocycles. The average Bonchev–Trinajstić information content (AvgIpc) is 3.63. The number of benzene rings is 3. The first kappa shape index (κ1) is 22.0. The summed E-state index contributed by atoms with van der Waals surface area (Å²) in [5.74, 6) is 1.48. The van der Waals surface area contributed by atoms with E-state index in [1.54, 1.807) is 18.6 Å². The fourth-order valence-electron chi connectivity index (χ4n) is 5.80. The lowest BCUT2D eigenvalue weighted by Crippen LogP contribution is -2.13. The number of fused-ring (bicyclic) bond motifs is 12. The number of ether oxygens (including phenoxy) is 1. The monoisotopic (exact) mass is 508 g/mol. The van der Waals surface area contributed by atoms with Crippen LogP contribution in [0.1, 0.15) is 26.3 Å². The fraction of sp³-hybridized carbons (Fsp3) is 0.125. The van der Waals surface area contributed by atoms with Gasteiger partial charge in [-0.25, -0.2) is 15.0 Å². The van der Waals surface area contributed by atoms with Crippen LogP contribution in [-0.2, 0) is 5.41 Å². The molecule has 7 nitrogen and oxygen atoms in total. The first-order chi connectivity index (χ1) is 19.0. The third-order valence-corrected chi connectivity index (χ3v) is 7.52. The van der Waals surface area contributed by atoms with Crippen molar-refractivity contribution < 1.29 is 4.74 Å². The van der Waals surface area contributed by atoms with Crippen molar-refractivity contribution in [3.05, 3.63) is 97.3 Å². The minimum Gasteiger partial charge on any atom is -0.457 e. The second kappa shape index (κ2) is 7.74. The van der Waals surface area contributed by atoms with Crippen LogP contribution < -0.4 is 4.74 Å². The lowest BCUT2D eigenvalue weighted by atomic mass is 9.85. The molecule has 7 heteroatoms. The Balaban J connectivity index is 1.31. The topological polar surface area (TPSA) is 69.6 Å². The molecule has 0 aliphatic carbocycles. The van der Waals surface area contributed by atoms with Crippen molar-refractivity contribution in [2.45, 2.75) is 26.2 Å². The Morgan fingerprint density at radius 1 is 0.590 bits per heavy atom. The van der Waals surface area contributed by atoms with E-state index in [1.807, 2.05) is 47.3 Å². The van der Waals surface area contributed by atoms with E-state index in [9.17, 15) is 0 Å². The molecule has 188 valence electrons. The van der Waals surface area contributed by atoms with Crippen molar-refractivity contribution in [1.29, 1.82) is 0 Å². The van der Waals surface area contributed by atoms with Gasteiger partial charge in [-0.05, 0) is 52.8 Å². The minimum absolute atomic E-state index is 0.000692. The number of imidazole rings is 2. The van der Waals surface area contributed by atoms with Crippen LogP contribution in [0.5, 0.6) is 11.5 Å². The Labute approximate surface area is 223 Å². The zero-order valence-electron chi connectivity index (χ0n) is 21.8. The van der Waals surface area contributed by atoms with Gasteiger partial charge in [0.2, 0.25) is 0 Å². The van der Waals surface area contributed by atoms with Crippen LogP contribution in [0.2, 0.25) is 0 Å². The van der Waals surface area contributed by atoms with E-state index in [-0.39, 0.29) is 5.41 Å². The Bertz CT molecular complexity index is 2250. The maximum Gasteiger partial charge on any atom is 0.165 e. The SMILES string of the molecule is CC(C)(C)c1cccc2c3ccc(Oc4ccc5c(c4)c4nccn4c4nccnc54)cc3c3nccn3c12. The molecule has 0 N–H and O–H groups in total. The van der Waals surface area contributed by atoms with Crippen molar-refractivity contribution in [2.75, 3.05) is 0 Å². The maximum absolute atomic E-state index is 6.44. The number of aromatic nitrogens is 6. The van der Waals surface area contributed by atoms with E-state index in [0.717, 1.165) is 55.5 Å². The summed E-state index contributed by atoms with van der Waals surface area (Å²) in [6, 6.07) is 18.9. The molecule has 5 aromatic heterocycles. The summed E-state index contributed by atoms with van der Waals surface area (Å²) in [6.07, 6.45) is 11.0. The van der Waals surface area contributed by atoms with E-state index in [0.29, 0.717) is 0 Å². The van der Waals surface area contributed by atoms with Gasteiger partial charge in [-0.3, -0.25) is 13.8 Å². The highest BCUT2D eigenvalue weighted by Crippen LogP contribution is 2.38. The number of hydrogen-bond acceptors (Lipinski definition) is 5. The minimum atomic E-state index is 0.000692. The van der Waals surface area contributed by atoms with Crippen molar-refractivity contribution in [1.82, 2.24) is 28.7 Å². The summed E-state index contributed by atoms with van der Waals surface area (Å²) < 4.78 is 10.6. The molecule has 39 heavy (non-hydrogen) atoms. The smallest absolute Gasteiger partial charge is 0.165 e. The fourth-order valence-corrected chi connectivity index (χ4v) is 5.80. The number of pyridine rings is 2. The largest absolute Gasteiger partial charge is 0.457 e. The molecule has 0 aliphatic rings. The summed E-state index contributed by atoms with van der Waals surface area (Å²) in [5.41, 5.74) is 5.85. The second-order valence-electron chi connectivity index (χ2n) is 10.9. The third kappa shape index (κ3) is 3.16. The molecular formula is C32H24N6O. The molecule has 0 amide bonds. The summed E-state index contributed by atoms with van der Waals surface area (Å²) in [7, 11) is 0. The number of nitrogens with zero attached hydrogens (tertiary/aromatic N) is 6. The van der Waals surface area contributed by atoms with Crippen LogP contribution >= 0.6 is 0 Å².